The van der Waals surface area contributed by atoms with Gasteiger partial charge in [0.1, 0.15) is 66.9 Å². The first-order chi connectivity index (χ1) is 37.7. The van der Waals surface area contributed by atoms with Crippen molar-refractivity contribution in [2.45, 2.75) is 203 Å². The van der Waals surface area contributed by atoms with E-state index in [0.717, 1.165) is 55.2 Å². The minimum atomic E-state index is -2.28. The van der Waals surface area contributed by atoms with E-state index in [2.05, 4.69) is 47.4 Å². The number of aromatic hydroxyl groups is 1. The number of fused-ring (bicyclic) bond motifs is 2. The Labute approximate surface area is 469 Å². The van der Waals surface area contributed by atoms with Crippen molar-refractivity contribution < 1.29 is 83.6 Å². The Balaban J connectivity index is 1.76. The number of benzene rings is 1. The summed E-state index contributed by atoms with van der Waals surface area (Å²) in [4.78, 5) is 103. The zero-order valence-electron chi connectivity index (χ0n) is 47.7. The highest BCUT2D eigenvalue weighted by molar-refractivity contribution is 5.98. The number of phenolic OH excluding ortho intramolecular Hbond substituents is 1. The zero-order chi connectivity index (χ0) is 59.6. The zero-order valence-corrected chi connectivity index (χ0v) is 47.7. The summed E-state index contributed by atoms with van der Waals surface area (Å²) in [6.45, 7) is 7.02. The molecule has 1 aromatic carbocycles. The second kappa shape index (κ2) is 31.9. The monoisotopic (exact) mass is 1140 g/mol. The number of aliphatic hydroxyl groups excluding tert-OH is 7. The smallest absolute Gasteiger partial charge is 0.248 e. The van der Waals surface area contributed by atoms with E-state index in [-0.39, 0.29) is 50.3 Å². The number of unbranched alkanes of at least 4 members (excludes halogenated alkanes) is 5. The number of quaternary nitrogens is 1. The number of carbonyl (C=O) groups is 7. The molecule has 3 aliphatic heterocycles. The van der Waals surface area contributed by atoms with E-state index in [1.54, 1.807) is 0 Å². The molecule has 0 spiro atoms. The van der Waals surface area contributed by atoms with Crippen LogP contribution in [0.3, 0.4) is 0 Å². The third-order valence-electron chi connectivity index (χ3n) is 15.4. The summed E-state index contributed by atoms with van der Waals surface area (Å²) in [5.41, 5.74) is 5.72. The molecule has 25 nitrogen and oxygen atoms in total. The van der Waals surface area contributed by atoms with E-state index >= 15 is 0 Å². The molecule has 0 bridgehead atoms. The first-order valence-corrected chi connectivity index (χ1v) is 28.5. The van der Waals surface area contributed by atoms with Crippen LogP contribution in [0.5, 0.6) is 5.75 Å². The van der Waals surface area contributed by atoms with Crippen LogP contribution in [0.15, 0.2) is 24.3 Å². The predicted octanol–water partition coefficient (Wildman–Crippen LogP) is -2.14. The number of phenols is 1. The second-order valence-corrected chi connectivity index (χ2v) is 23.4. The molecule has 3 saturated heterocycles. The minimum Gasteiger partial charge on any atom is -0.508 e. The molecule has 3 aliphatic rings. The average Bonchev–Trinajstić information content (AvgIpc) is 4.01. The molecular weight excluding hydrogens is 1040 g/mol. The maximum atomic E-state index is 14.7. The number of amides is 7. The van der Waals surface area contributed by atoms with E-state index in [9.17, 15) is 74.4 Å². The van der Waals surface area contributed by atoms with Gasteiger partial charge in [0.15, 0.2) is 6.23 Å². The molecule has 0 aliphatic carbocycles. The van der Waals surface area contributed by atoms with Gasteiger partial charge in [-0.15, -0.1) is 0 Å². The Kier molecular flexibility index (Phi) is 26.9. The molecule has 0 saturated carbocycles. The fraction of sp³-hybridized carbons (Fsp3) is 0.764. The van der Waals surface area contributed by atoms with Crippen LogP contribution in [0.4, 0.5) is 0 Å². The highest BCUT2D eigenvalue weighted by atomic mass is 16.5. The van der Waals surface area contributed by atoms with E-state index in [1.807, 2.05) is 21.1 Å². The highest BCUT2D eigenvalue weighted by Crippen LogP contribution is 2.27. The highest BCUT2D eigenvalue weighted by Gasteiger charge is 2.49. The summed E-state index contributed by atoms with van der Waals surface area (Å²) in [6, 6.07) is -6.46. The van der Waals surface area contributed by atoms with Crippen LogP contribution in [0, 0.1) is 11.8 Å². The first kappa shape index (κ1) is 67.4. The molecule has 16 unspecified atom stereocenters. The van der Waals surface area contributed by atoms with Gasteiger partial charge in [-0.1, -0.05) is 77.8 Å². The number of carbonyl (C=O) groups excluding carboxylic acids is 7. The Bertz CT molecular complexity index is 2170. The number of likely N-dealkylation sites (N-methyl/N-ethyl adjacent to an activating group) is 1. The van der Waals surface area contributed by atoms with Crippen molar-refractivity contribution in [1.82, 2.24) is 36.4 Å². The van der Waals surface area contributed by atoms with Gasteiger partial charge in [-0.05, 0) is 68.7 Å². The van der Waals surface area contributed by atoms with Gasteiger partial charge in [0, 0.05) is 32.4 Å². The molecule has 0 aromatic heterocycles. The van der Waals surface area contributed by atoms with Crippen molar-refractivity contribution in [2.24, 2.45) is 17.6 Å². The number of nitrogens with two attached hydrogens (primary N) is 1. The molecule has 4 rings (SSSR count). The van der Waals surface area contributed by atoms with Gasteiger partial charge in [0.05, 0.1) is 52.2 Å². The molecule has 1 aromatic rings. The van der Waals surface area contributed by atoms with Gasteiger partial charge >= 0.3 is 0 Å². The van der Waals surface area contributed by atoms with Crippen molar-refractivity contribution in [3.05, 3.63) is 29.8 Å². The summed E-state index contributed by atoms with van der Waals surface area (Å²) in [7, 11) is 5.56. The fourth-order valence-corrected chi connectivity index (χ4v) is 10.4. The van der Waals surface area contributed by atoms with Crippen LogP contribution in [-0.4, -0.2) is 230 Å². The maximum Gasteiger partial charge on any atom is 0.248 e. The standard InChI is InChI=1S/C55H93N9O16/c1-8-31(2)27-32(3)15-13-11-9-10-12-14-16-42(71)57-37-29-41(70)53(80-26-25-64(5,6)7)61-52(77)46-40(69)22-24-62(46)55(79)44(39(68)21-23-56)59-51(76)45(48(73)47(72)34-17-19-35(66)20-18-34)60-50(75)38-28-36(67)30-63(38)54(78)43(33(4)65)58-49(37)74/h17-20,31-33,36-41,43-48,53,65,67-70,72-73H,8-16,21-30,56H2,1-7H3,(H5-,57,58,59,60,61,66,71,74,75,76,77)/p+1. The quantitative estimate of drug-likeness (QED) is 0.0388. The van der Waals surface area contributed by atoms with Crippen LogP contribution in [0.2, 0.25) is 0 Å². The molecule has 454 valence electrons. The van der Waals surface area contributed by atoms with Gasteiger partial charge < -0.3 is 92.2 Å². The number of aliphatic hydroxyl groups is 7. The van der Waals surface area contributed by atoms with Crippen molar-refractivity contribution in [3.63, 3.8) is 0 Å². The van der Waals surface area contributed by atoms with Gasteiger partial charge in [-0.25, -0.2) is 0 Å². The number of nitrogens with zero attached hydrogens (tertiary/aromatic N) is 3. The molecule has 16 atom stereocenters. The number of hydrogen-bond donors (Lipinski definition) is 14. The predicted molar refractivity (Wildman–Crippen MR) is 292 cm³/mol. The van der Waals surface area contributed by atoms with E-state index in [0.29, 0.717) is 35.7 Å². The summed E-state index contributed by atoms with van der Waals surface area (Å²) >= 11 is 0. The normalized spacial score (nSPS) is 28.2. The van der Waals surface area contributed by atoms with Crippen molar-refractivity contribution in [1.29, 1.82) is 0 Å². The van der Waals surface area contributed by atoms with Crippen molar-refractivity contribution in [3.8, 4) is 5.75 Å². The fourth-order valence-electron chi connectivity index (χ4n) is 10.4. The molecule has 3 heterocycles. The molecule has 3 fully saturated rings. The molecular formula is C55H94N9O16+. The Morgan fingerprint density at radius 2 is 1.36 bits per heavy atom. The number of nitrogens with one attached hydrogen (secondary N) is 5. The van der Waals surface area contributed by atoms with Crippen LogP contribution in [0.1, 0.15) is 129 Å². The van der Waals surface area contributed by atoms with Crippen LogP contribution in [-0.2, 0) is 38.3 Å². The third kappa shape index (κ3) is 20.1. The van der Waals surface area contributed by atoms with Crippen LogP contribution in [0.25, 0.3) is 0 Å². The molecule has 25 heteroatoms. The molecule has 7 amide bonds. The topological polar surface area (TPSA) is 383 Å². The second-order valence-electron chi connectivity index (χ2n) is 23.4. The minimum absolute atomic E-state index is 0.0311. The van der Waals surface area contributed by atoms with Crippen molar-refractivity contribution in [2.75, 3.05) is 53.9 Å². The third-order valence-corrected chi connectivity index (χ3v) is 15.4. The lowest BCUT2D eigenvalue weighted by Crippen LogP contribution is -2.64. The average molecular weight is 1140 g/mol. The van der Waals surface area contributed by atoms with Gasteiger partial charge in [0.2, 0.25) is 41.4 Å². The summed E-state index contributed by atoms with van der Waals surface area (Å²) in [6.07, 6.45) is -7.34. The largest absolute Gasteiger partial charge is 0.508 e. The summed E-state index contributed by atoms with van der Waals surface area (Å²) in [5, 5.41) is 102. The lowest BCUT2D eigenvalue weighted by atomic mass is 9.91. The van der Waals surface area contributed by atoms with Gasteiger partial charge in [-0.3, -0.25) is 33.6 Å². The summed E-state index contributed by atoms with van der Waals surface area (Å²) in [5.74, 6) is -6.48. The van der Waals surface area contributed by atoms with E-state index in [1.165, 1.54) is 30.7 Å². The molecule has 0 radical (unpaired) electrons. The van der Waals surface area contributed by atoms with Crippen LogP contribution >= 0.6 is 0 Å². The van der Waals surface area contributed by atoms with Crippen LogP contribution < -0.4 is 32.3 Å². The first-order valence-electron chi connectivity index (χ1n) is 28.5. The van der Waals surface area contributed by atoms with Crippen molar-refractivity contribution >= 4 is 41.4 Å². The Morgan fingerprint density at radius 3 is 1.99 bits per heavy atom. The number of rotatable bonds is 24. The lowest BCUT2D eigenvalue weighted by Gasteiger charge is -2.35. The Morgan fingerprint density at radius 1 is 0.750 bits per heavy atom. The van der Waals surface area contributed by atoms with E-state index < -0.39 is 146 Å². The molecule has 15 N–H and O–H groups in total. The summed E-state index contributed by atoms with van der Waals surface area (Å²) < 4.78 is 6.42. The van der Waals surface area contributed by atoms with Gasteiger partial charge in [0.25, 0.3) is 0 Å². The Hall–Kier alpha value is -5.09. The lowest BCUT2D eigenvalue weighted by molar-refractivity contribution is -0.870. The maximum absolute atomic E-state index is 14.7. The SMILES string of the molecule is CCC(C)CC(C)CCCCCCCCC(=O)NC1CC(O)C(OCC[N+](C)(C)C)NC(=O)C2C(O)CCN2C(=O)C(C(O)CCN)NC(=O)C(C(O)C(O)c2ccc(O)cc2)NC(=O)C2CC(O)CN2C(=O)C(C(C)O)NC1=O. The number of ether oxygens (including phenoxy) is 1. The number of hydrogen-bond acceptors (Lipinski definition) is 17. The van der Waals surface area contributed by atoms with E-state index in [4.69, 9.17) is 10.5 Å². The molecule has 80 heavy (non-hydrogen) atoms. The van der Waals surface area contributed by atoms with Gasteiger partial charge in [-0.2, -0.15) is 0 Å².